The number of imidazole rings is 1. The summed E-state index contributed by atoms with van der Waals surface area (Å²) in [5, 5.41) is 2.96. The van der Waals surface area contributed by atoms with Crippen LogP contribution in [-0.4, -0.2) is 41.3 Å². The van der Waals surface area contributed by atoms with Gasteiger partial charge in [0.25, 0.3) is 0 Å². The number of ether oxygens (including phenoxy) is 1. The van der Waals surface area contributed by atoms with Crippen LogP contribution in [0.15, 0.2) is 24.3 Å². The minimum absolute atomic E-state index is 0.0704. The number of carbonyl (C=O) groups is 1. The quantitative estimate of drug-likeness (QED) is 0.869. The molecule has 1 fully saturated rings. The molecule has 1 aliphatic heterocycles. The molecule has 0 saturated carbocycles. The highest BCUT2D eigenvalue weighted by molar-refractivity contribution is 5.81. The number of nitrogens with two attached hydrogens (primary N) is 1. The Morgan fingerprint density at radius 1 is 1.43 bits per heavy atom. The Hall–Kier alpha value is -1.92. The largest absolute Gasteiger partial charge is 0.381 e. The minimum atomic E-state index is -0.445. The maximum Gasteiger partial charge on any atom is 0.237 e. The number of hydrogen-bond donors (Lipinski definition) is 2. The second kappa shape index (κ2) is 7.10. The van der Waals surface area contributed by atoms with Crippen molar-refractivity contribution in [2.24, 2.45) is 11.7 Å². The number of aryl methyl sites for hydroxylation is 1. The molecule has 6 nitrogen and oxygen atoms in total. The van der Waals surface area contributed by atoms with E-state index in [4.69, 9.17) is 10.5 Å². The molecule has 1 saturated heterocycles. The van der Waals surface area contributed by atoms with Crippen LogP contribution in [0.2, 0.25) is 0 Å². The molecular formula is C17H24N4O2. The lowest BCUT2D eigenvalue weighted by Gasteiger charge is -2.26. The van der Waals surface area contributed by atoms with E-state index in [-0.39, 0.29) is 11.8 Å². The predicted molar refractivity (Wildman–Crippen MR) is 89.0 cm³/mol. The Morgan fingerprint density at radius 2 is 2.17 bits per heavy atom. The van der Waals surface area contributed by atoms with Gasteiger partial charge in [-0.05, 0) is 37.8 Å². The molecule has 6 heteroatoms. The number of para-hydroxylation sites is 2. The van der Waals surface area contributed by atoms with Crippen LogP contribution in [0.5, 0.6) is 0 Å². The van der Waals surface area contributed by atoms with Crippen molar-refractivity contribution in [3.63, 3.8) is 0 Å². The van der Waals surface area contributed by atoms with E-state index < -0.39 is 6.04 Å². The van der Waals surface area contributed by atoms with Gasteiger partial charge in [0.2, 0.25) is 5.91 Å². The number of aromatic nitrogens is 2. The molecular weight excluding hydrogens is 292 g/mol. The third-order valence-electron chi connectivity index (χ3n) is 4.56. The van der Waals surface area contributed by atoms with E-state index >= 15 is 0 Å². The molecule has 2 heterocycles. The van der Waals surface area contributed by atoms with Crippen LogP contribution >= 0.6 is 0 Å². The lowest BCUT2D eigenvalue weighted by molar-refractivity contribution is -0.124. The summed E-state index contributed by atoms with van der Waals surface area (Å²) in [4.78, 5) is 16.7. The molecule has 2 aromatic rings. The second-order valence-corrected chi connectivity index (χ2v) is 6.07. The fraction of sp³-hybridized carbons (Fsp3) is 0.529. The smallest absolute Gasteiger partial charge is 0.237 e. The van der Waals surface area contributed by atoms with Crippen molar-refractivity contribution in [2.45, 2.75) is 32.4 Å². The summed E-state index contributed by atoms with van der Waals surface area (Å²) in [6, 6.07) is 7.58. The van der Waals surface area contributed by atoms with E-state index in [0.717, 1.165) is 29.7 Å². The number of nitrogens with zero attached hydrogens (tertiary/aromatic N) is 2. The standard InChI is InChI=1S/C17H24N4O2/c1-12-20-14-4-2-3-5-15(14)21(12)9-8-19-17(22)16(18)13-6-10-23-11-7-13/h2-5,13,16H,6-11,18H2,1H3,(H,19,22). The zero-order valence-electron chi connectivity index (χ0n) is 13.5. The van der Waals surface area contributed by atoms with Crippen molar-refractivity contribution in [3.05, 3.63) is 30.1 Å². The number of hydrogen-bond acceptors (Lipinski definition) is 4. The van der Waals surface area contributed by atoms with Gasteiger partial charge in [-0.2, -0.15) is 0 Å². The molecule has 1 atom stereocenters. The highest BCUT2D eigenvalue weighted by Gasteiger charge is 2.26. The summed E-state index contributed by atoms with van der Waals surface area (Å²) in [7, 11) is 0. The van der Waals surface area contributed by atoms with Gasteiger partial charge in [-0.25, -0.2) is 4.98 Å². The molecule has 0 spiro atoms. The number of rotatable bonds is 5. The van der Waals surface area contributed by atoms with Crippen LogP contribution < -0.4 is 11.1 Å². The van der Waals surface area contributed by atoms with E-state index in [2.05, 4.69) is 14.9 Å². The third kappa shape index (κ3) is 3.54. The molecule has 0 aliphatic carbocycles. The second-order valence-electron chi connectivity index (χ2n) is 6.07. The summed E-state index contributed by atoms with van der Waals surface area (Å²) in [6.45, 7) is 4.63. The normalized spacial score (nSPS) is 17.3. The number of fused-ring (bicyclic) bond motifs is 1. The van der Waals surface area contributed by atoms with Crippen LogP contribution in [0, 0.1) is 12.8 Å². The van der Waals surface area contributed by atoms with Crippen molar-refractivity contribution < 1.29 is 9.53 Å². The Labute approximate surface area is 136 Å². The number of amides is 1. The van der Waals surface area contributed by atoms with E-state index in [9.17, 15) is 4.79 Å². The Balaban J connectivity index is 1.56. The summed E-state index contributed by atoms with van der Waals surface area (Å²) in [6.07, 6.45) is 1.72. The van der Waals surface area contributed by atoms with Gasteiger partial charge in [0, 0.05) is 26.3 Å². The highest BCUT2D eigenvalue weighted by Crippen LogP contribution is 2.18. The number of carbonyl (C=O) groups excluding carboxylic acids is 1. The molecule has 3 rings (SSSR count). The lowest BCUT2D eigenvalue weighted by atomic mass is 9.92. The van der Waals surface area contributed by atoms with Gasteiger partial charge in [-0.1, -0.05) is 12.1 Å². The van der Waals surface area contributed by atoms with Crippen molar-refractivity contribution in [1.82, 2.24) is 14.9 Å². The van der Waals surface area contributed by atoms with Crippen LogP contribution in [0.3, 0.4) is 0 Å². The van der Waals surface area contributed by atoms with E-state index in [1.54, 1.807) is 0 Å². The van der Waals surface area contributed by atoms with Crippen molar-refractivity contribution in [1.29, 1.82) is 0 Å². The first-order valence-corrected chi connectivity index (χ1v) is 8.19. The molecule has 23 heavy (non-hydrogen) atoms. The van der Waals surface area contributed by atoms with E-state index in [1.807, 2.05) is 31.2 Å². The third-order valence-corrected chi connectivity index (χ3v) is 4.56. The first-order chi connectivity index (χ1) is 11.2. The number of nitrogens with one attached hydrogen (secondary N) is 1. The molecule has 1 aromatic carbocycles. The summed E-state index contributed by atoms with van der Waals surface area (Å²) in [5.74, 6) is 1.10. The maximum absolute atomic E-state index is 12.2. The Bertz CT molecular complexity index is 676. The van der Waals surface area contributed by atoms with Crippen LogP contribution in [0.25, 0.3) is 11.0 Å². The van der Waals surface area contributed by atoms with E-state index in [1.165, 1.54) is 0 Å². The van der Waals surface area contributed by atoms with Crippen molar-refractivity contribution in [3.8, 4) is 0 Å². The van der Waals surface area contributed by atoms with Gasteiger partial charge in [-0.15, -0.1) is 0 Å². The zero-order valence-corrected chi connectivity index (χ0v) is 13.5. The van der Waals surface area contributed by atoms with Crippen LogP contribution in [0.1, 0.15) is 18.7 Å². The van der Waals surface area contributed by atoms with Gasteiger partial charge in [-0.3, -0.25) is 4.79 Å². The van der Waals surface area contributed by atoms with Gasteiger partial charge >= 0.3 is 0 Å². The summed E-state index contributed by atoms with van der Waals surface area (Å²) < 4.78 is 7.44. The van der Waals surface area contributed by atoms with Crippen molar-refractivity contribution >= 4 is 16.9 Å². The topological polar surface area (TPSA) is 82.2 Å². The first-order valence-electron chi connectivity index (χ1n) is 8.19. The molecule has 1 amide bonds. The SMILES string of the molecule is Cc1nc2ccccc2n1CCNC(=O)C(N)C1CCOCC1. The molecule has 1 aliphatic rings. The Kier molecular flexibility index (Phi) is 4.93. The number of benzene rings is 1. The average molecular weight is 316 g/mol. The average Bonchev–Trinajstić information content (AvgIpc) is 2.90. The molecule has 1 aromatic heterocycles. The lowest BCUT2D eigenvalue weighted by Crippen LogP contribution is -2.47. The Morgan fingerprint density at radius 3 is 2.96 bits per heavy atom. The van der Waals surface area contributed by atoms with E-state index in [0.29, 0.717) is 26.3 Å². The molecule has 0 radical (unpaired) electrons. The summed E-state index contributed by atoms with van der Waals surface area (Å²) >= 11 is 0. The van der Waals surface area contributed by atoms with Gasteiger partial charge in [0.05, 0.1) is 17.1 Å². The zero-order chi connectivity index (χ0) is 16.2. The predicted octanol–water partition coefficient (Wildman–Crippen LogP) is 1.21. The van der Waals surface area contributed by atoms with Crippen LogP contribution in [-0.2, 0) is 16.1 Å². The summed E-state index contributed by atoms with van der Waals surface area (Å²) in [5.41, 5.74) is 8.16. The minimum Gasteiger partial charge on any atom is -0.381 e. The molecule has 124 valence electrons. The van der Waals surface area contributed by atoms with Gasteiger partial charge < -0.3 is 20.4 Å². The monoisotopic (exact) mass is 316 g/mol. The molecule has 3 N–H and O–H groups in total. The van der Waals surface area contributed by atoms with Gasteiger partial charge in [0.1, 0.15) is 5.82 Å². The fourth-order valence-electron chi connectivity index (χ4n) is 3.18. The molecule has 0 bridgehead atoms. The van der Waals surface area contributed by atoms with Crippen LogP contribution in [0.4, 0.5) is 0 Å². The first kappa shape index (κ1) is 16.0. The fourth-order valence-corrected chi connectivity index (χ4v) is 3.18. The maximum atomic E-state index is 12.2. The van der Waals surface area contributed by atoms with Gasteiger partial charge in [0.15, 0.2) is 0 Å². The molecule has 1 unspecified atom stereocenters. The highest BCUT2D eigenvalue weighted by atomic mass is 16.5. The van der Waals surface area contributed by atoms with Crippen molar-refractivity contribution in [2.75, 3.05) is 19.8 Å².